The number of allylic oxidation sites excluding steroid dienone is 1. The average Bonchev–Trinajstić information content (AvgIpc) is 3.14. The molecule has 0 aliphatic heterocycles. The zero-order valence-electron chi connectivity index (χ0n) is 19.5. The maximum Gasteiger partial charge on any atom is 0.416 e. The lowest BCUT2D eigenvalue weighted by Gasteiger charge is -2.20. The summed E-state index contributed by atoms with van der Waals surface area (Å²) in [5.41, 5.74) is 2.85. The van der Waals surface area contributed by atoms with Gasteiger partial charge in [0.05, 0.1) is 11.6 Å². The molecule has 39 heavy (non-hydrogen) atoms. The SMILES string of the molecule is NC(=O)OCC(NC(=O)Cn1nc(-c2ccc(Cl)cc2)n(C=CC(F)(F)F)c1=O)c1cccc(C(F)(F)F)c1. The first-order chi connectivity index (χ1) is 18.1. The molecule has 1 unspecified atom stereocenters. The zero-order chi connectivity index (χ0) is 29.0. The van der Waals surface area contributed by atoms with Gasteiger partial charge >= 0.3 is 24.1 Å². The number of ether oxygens (including phenoxy) is 1. The second-order valence-corrected chi connectivity index (χ2v) is 8.31. The van der Waals surface area contributed by atoms with Crippen LogP contribution in [0.1, 0.15) is 17.2 Å². The third-order valence-electron chi connectivity index (χ3n) is 5.02. The quantitative estimate of drug-likeness (QED) is 0.385. The number of hydrogen-bond acceptors (Lipinski definition) is 5. The number of nitrogens with zero attached hydrogens (tertiary/aromatic N) is 3. The minimum atomic E-state index is -4.77. The molecule has 1 heterocycles. The van der Waals surface area contributed by atoms with E-state index < -0.39 is 54.8 Å². The predicted molar refractivity (Wildman–Crippen MR) is 126 cm³/mol. The fourth-order valence-corrected chi connectivity index (χ4v) is 3.43. The number of amides is 2. The number of halogens is 7. The van der Waals surface area contributed by atoms with E-state index in [0.717, 1.165) is 18.2 Å². The van der Waals surface area contributed by atoms with Crippen molar-refractivity contribution in [2.24, 2.45) is 5.73 Å². The molecule has 0 radical (unpaired) electrons. The van der Waals surface area contributed by atoms with Crippen LogP contribution in [0, 0.1) is 0 Å². The molecule has 0 saturated carbocycles. The van der Waals surface area contributed by atoms with Gasteiger partial charge in [-0.05, 0) is 42.0 Å². The molecule has 0 aliphatic carbocycles. The average molecular weight is 578 g/mol. The van der Waals surface area contributed by atoms with Crippen LogP contribution in [0.3, 0.4) is 0 Å². The summed E-state index contributed by atoms with van der Waals surface area (Å²) in [7, 11) is 0. The molecule has 9 nitrogen and oxygen atoms in total. The van der Waals surface area contributed by atoms with Crippen LogP contribution in [-0.2, 0) is 22.3 Å². The van der Waals surface area contributed by atoms with E-state index in [2.05, 4.69) is 15.2 Å². The highest BCUT2D eigenvalue weighted by Gasteiger charge is 2.31. The number of hydrogen-bond donors (Lipinski definition) is 2. The Balaban J connectivity index is 1.93. The Kier molecular flexibility index (Phi) is 8.74. The smallest absolute Gasteiger partial charge is 0.416 e. The highest BCUT2D eigenvalue weighted by atomic mass is 35.5. The Morgan fingerprint density at radius 1 is 1.10 bits per heavy atom. The van der Waals surface area contributed by atoms with Crippen molar-refractivity contribution in [1.82, 2.24) is 19.7 Å². The molecular formula is C23H18ClF6N5O4. The Morgan fingerprint density at radius 3 is 2.36 bits per heavy atom. The van der Waals surface area contributed by atoms with E-state index >= 15 is 0 Å². The summed E-state index contributed by atoms with van der Waals surface area (Å²) >= 11 is 5.83. The molecule has 3 rings (SSSR count). The van der Waals surface area contributed by atoms with Gasteiger partial charge in [0, 0.05) is 22.9 Å². The van der Waals surface area contributed by atoms with Crippen molar-refractivity contribution in [1.29, 1.82) is 0 Å². The van der Waals surface area contributed by atoms with Crippen LogP contribution in [0.5, 0.6) is 0 Å². The van der Waals surface area contributed by atoms with Gasteiger partial charge in [0.1, 0.15) is 13.2 Å². The number of nitrogens with two attached hydrogens (primary N) is 1. The minimum Gasteiger partial charge on any atom is -0.447 e. The summed E-state index contributed by atoms with van der Waals surface area (Å²) < 4.78 is 83.6. The molecular weight excluding hydrogens is 560 g/mol. The Hall–Kier alpha value is -4.27. The molecule has 1 aromatic heterocycles. The molecule has 0 saturated heterocycles. The molecule has 3 N–H and O–H groups in total. The van der Waals surface area contributed by atoms with Gasteiger partial charge in [0.25, 0.3) is 0 Å². The summed E-state index contributed by atoms with van der Waals surface area (Å²) in [5.74, 6) is -1.24. The van der Waals surface area contributed by atoms with Crippen LogP contribution < -0.4 is 16.7 Å². The standard InChI is InChI=1S/C23H18ClF6N5O4/c24-16-6-4-13(5-7-16)19-33-35(21(38)34(19)9-8-22(25,26)27)11-18(36)32-17(12-39-20(31)37)14-2-1-3-15(10-14)23(28,29)30/h1-10,17H,11-12H2,(H2,31,37)(H,32,36). The van der Waals surface area contributed by atoms with E-state index in [1.807, 2.05) is 0 Å². The first-order valence-electron chi connectivity index (χ1n) is 10.7. The zero-order valence-corrected chi connectivity index (χ0v) is 20.2. The first-order valence-corrected chi connectivity index (χ1v) is 11.1. The molecule has 0 fully saturated rings. The lowest BCUT2D eigenvalue weighted by molar-refractivity contribution is -0.137. The molecule has 1 atom stereocenters. The van der Waals surface area contributed by atoms with Gasteiger partial charge in [-0.1, -0.05) is 23.7 Å². The predicted octanol–water partition coefficient (Wildman–Crippen LogP) is 4.37. The van der Waals surface area contributed by atoms with E-state index in [9.17, 15) is 40.7 Å². The fourth-order valence-electron chi connectivity index (χ4n) is 3.31. The van der Waals surface area contributed by atoms with E-state index in [-0.39, 0.29) is 23.0 Å². The lowest BCUT2D eigenvalue weighted by Crippen LogP contribution is -2.37. The van der Waals surface area contributed by atoms with Crippen LogP contribution in [0.2, 0.25) is 5.02 Å². The molecule has 3 aromatic rings. The van der Waals surface area contributed by atoms with Crippen molar-refractivity contribution >= 4 is 29.8 Å². The number of alkyl halides is 6. The summed E-state index contributed by atoms with van der Waals surface area (Å²) in [5, 5.41) is 6.56. The van der Waals surface area contributed by atoms with Gasteiger partial charge in [0.15, 0.2) is 5.82 Å². The Labute approximate surface area is 220 Å². The second-order valence-electron chi connectivity index (χ2n) is 7.87. The van der Waals surface area contributed by atoms with Gasteiger partial charge in [-0.25, -0.2) is 18.8 Å². The van der Waals surface area contributed by atoms with Crippen molar-refractivity contribution in [3.63, 3.8) is 0 Å². The number of primary amides is 1. The van der Waals surface area contributed by atoms with Crippen LogP contribution in [0.15, 0.2) is 59.4 Å². The van der Waals surface area contributed by atoms with Gasteiger partial charge in [-0.15, -0.1) is 5.10 Å². The van der Waals surface area contributed by atoms with Crippen LogP contribution in [0.4, 0.5) is 31.1 Å². The van der Waals surface area contributed by atoms with E-state index in [0.29, 0.717) is 20.5 Å². The second kappa shape index (κ2) is 11.6. The third kappa shape index (κ3) is 8.10. The Morgan fingerprint density at radius 2 is 1.77 bits per heavy atom. The number of aromatic nitrogens is 3. The van der Waals surface area contributed by atoms with Crippen molar-refractivity contribution < 1.29 is 40.7 Å². The lowest BCUT2D eigenvalue weighted by atomic mass is 10.0. The molecule has 0 spiro atoms. The Bertz CT molecular complexity index is 1430. The monoisotopic (exact) mass is 577 g/mol. The largest absolute Gasteiger partial charge is 0.447 e. The molecule has 0 bridgehead atoms. The molecule has 2 aromatic carbocycles. The van der Waals surface area contributed by atoms with Crippen molar-refractivity contribution in [3.8, 4) is 11.4 Å². The molecule has 2 amide bonds. The first kappa shape index (κ1) is 29.3. The number of rotatable bonds is 8. The fraction of sp³-hybridized carbons (Fsp3) is 0.217. The maximum atomic E-state index is 13.2. The van der Waals surface area contributed by atoms with Crippen molar-refractivity contribution in [3.05, 3.63) is 81.2 Å². The van der Waals surface area contributed by atoms with Crippen LogP contribution in [0.25, 0.3) is 17.6 Å². The van der Waals surface area contributed by atoms with E-state index in [1.165, 1.54) is 30.3 Å². The number of carbonyl (C=O) groups excluding carboxylic acids is 2. The summed E-state index contributed by atoms with van der Waals surface area (Å²) in [6.45, 7) is -1.51. The molecule has 0 aliphatic rings. The maximum absolute atomic E-state index is 13.2. The van der Waals surface area contributed by atoms with E-state index in [1.54, 1.807) is 0 Å². The molecule has 208 valence electrons. The van der Waals surface area contributed by atoms with E-state index in [4.69, 9.17) is 17.3 Å². The topological polar surface area (TPSA) is 121 Å². The van der Waals surface area contributed by atoms with Crippen molar-refractivity contribution in [2.45, 2.75) is 24.9 Å². The van der Waals surface area contributed by atoms with Crippen LogP contribution in [-0.4, -0.2) is 39.1 Å². The summed E-state index contributed by atoms with van der Waals surface area (Å²) in [6, 6.07) is 8.06. The normalized spacial score (nSPS) is 12.9. The number of benzene rings is 2. The third-order valence-corrected chi connectivity index (χ3v) is 5.27. The van der Waals surface area contributed by atoms with Gasteiger partial charge in [-0.3, -0.25) is 4.79 Å². The van der Waals surface area contributed by atoms with Gasteiger partial charge < -0.3 is 15.8 Å². The van der Waals surface area contributed by atoms with Crippen molar-refractivity contribution in [2.75, 3.05) is 6.61 Å². The summed E-state index contributed by atoms with van der Waals surface area (Å²) in [6.07, 6.45) is -10.5. The highest BCUT2D eigenvalue weighted by molar-refractivity contribution is 6.30. The van der Waals surface area contributed by atoms with Crippen LogP contribution >= 0.6 is 11.6 Å². The molecule has 16 heteroatoms. The van der Waals surface area contributed by atoms with Gasteiger partial charge in [-0.2, -0.15) is 26.3 Å². The number of carbonyl (C=O) groups is 2. The highest BCUT2D eigenvalue weighted by Crippen LogP contribution is 2.31. The summed E-state index contributed by atoms with van der Waals surface area (Å²) in [4.78, 5) is 36.7. The minimum absolute atomic E-state index is 0.104. The number of nitrogens with one attached hydrogen (secondary N) is 1. The van der Waals surface area contributed by atoms with Gasteiger partial charge in [0.2, 0.25) is 5.91 Å².